The summed E-state index contributed by atoms with van der Waals surface area (Å²) in [6, 6.07) is 0.557. The Morgan fingerprint density at radius 3 is 1.56 bits per heavy atom. The molecular formula is C10H14N2O4. The Kier molecular flexibility index (Phi) is 3.53. The lowest BCUT2D eigenvalue weighted by Crippen LogP contribution is -2.22. The molecule has 2 N–H and O–H groups in total. The highest BCUT2D eigenvalue weighted by molar-refractivity contribution is 5.91. The molecule has 0 saturated heterocycles. The van der Waals surface area contributed by atoms with Crippen molar-refractivity contribution in [1.29, 1.82) is 0 Å². The second kappa shape index (κ2) is 5.09. The quantitative estimate of drug-likeness (QED) is 0.489. The predicted molar refractivity (Wildman–Crippen MR) is 53.6 cm³/mol. The smallest absolute Gasteiger partial charge is 0.349 e. The number of hydrogen-bond donors (Lipinski definition) is 2. The molecule has 0 bridgehead atoms. The lowest BCUT2D eigenvalue weighted by atomic mass is 10.5. The van der Waals surface area contributed by atoms with E-state index in [2.05, 4.69) is 20.6 Å². The van der Waals surface area contributed by atoms with E-state index in [9.17, 15) is 9.59 Å². The molecule has 2 saturated carbocycles. The standard InChI is InChI=1S/C10H14N2O4/c13-9(15-11-7-1-2-7)5-6-10(14)16-12-8-3-4-8/h5-8,11-12H,1-4H2/b6-5+. The highest BCUT2D eigenvalue weighted by atomic mass is 16.7. The molecule has 0 atom stereocenters. The van der Waals surface area contributed by atoms with Crippen molar-refractivity contribution in [2.75, 3.05) is 0 Å². The molecule has 0 unspecified atom stereocenters. The van der Waals surface area contributed by atoms with Crippen molar-refractivity contribution in [3.63, 3.8) is 0 Å². The average molecular weight is 226 g/mol. The summed E-state index contributed by atoms with van der Waals surface area (Å²) >= 11 is 0. The summed E-state index contributed by atoms with van der Waals surface area (Å²) in [6.45, 7) is 0. The van der Waals surface area contributed by atoms with Crippen molar-refractivity contribution in [2.45, 2.75) is 37.8 Å². The van der Waals surface area contributed by atoms with Gasteiger partial charge in [0.25, 0.3) is 0 Å². The van der Waals surface area contributed by atoms with E-state index in [0.717, 1.165) is 37.8 Å². The Hall–Kier alpha value is -1.40. The van der Waals surface area contributed by atoms with Crippen molar-refractivity contribution in [2.24, 2.45) is 0 Å². The SMILES string of the molecule is O=C(/C=C/C(=O)ONC1CC1)ONC1CC1. The maximum Gasteiger partial charge on any atom is 0.349 e. The molecule has 2 aliphatic carbocycles. The Balaban J connectivity index is 1.57. The van der Waals surface area contributed by atoms with Gasteiger partial charge >= 0.3 is 11.9 Å². The van der Waals surface area contributed by atoms with Crippen molar-refractivity contribution >= 4 is 11.9 Å². The van der Waals surface area contributed by atoms with Crippen LogP contribution in [0.1, 0.15) is 25.7 Å². The van der Waals surface area contributed by atoms with Crippen molar-refractivity contribution < 1.29 is 19.3 Å². The van der Waals surface area contributed by atoms with Crippen LogP contribution in [0.2, 0.25) is 0 Å². The Labute approximate surface area is 92.9 Å². The van der Waals surface area contributed by atoms with Gasteiger partial charge in [-0.15, -0.1) is 11.0 Å². The molecule has 0 heterocycles. The van der Waals surface area contributed by atoms with Crippen LogP contribution in [0.4, 0.5) is 0 Å². The Morgan fingerprint density at radius 1 is 0.875 bits per heavy atom. The predicted octanol–water partition coefficient (Wildman–Crippen LogP) is -0.0370. The fourth-order valence-electron chi connectivity index (χ4n) is 0.889. The first-order valence-corrected chi connectivity index (χ1v) is 5.35. The largest absolute Gasteiger partial charge is 0.367 e. The lowest BCUT2D eigenvalue weighted by Gasteiger charge is -2.01. The fourth-order valence-corrected chi connectivity index (χ4v) is 0.889. The zero-order valence-electron chi connectivity index (χ0n) is 8.77. The first-order chi connectivity index (χ1) is 7.74. The van der Waals surface area contributed by atoms with Crippen LogP contribution in [0.3, 0.4) is 0 Å². The maximum absolute atomic E-state index is 11.0. The molecule has 6 nitrogen and oxygen atoms in total. The molecule has 2 rings (SSSR count). The van der Waals surface area contributed by atoms with Gasteiger partial charge in [-0.1, -0.05) is 0 Å². The molecule has 2 fully saturated rings. The van der Waals surface area contributed by atoms with Crippen molar-refractivity contribution in [3.05, 3.63) is 12.2 Å². The Morgan fingerprint density at radius 2 is 1.25 bits per heavy atom. The molecule has 0 spiro atoms. The van der Waals surface area contributed by atoms with Gasteiger partial charge in [0.05, 0.1) is 0 Å². The van der Waals surface area contributed by atoms with E-state index in [4.69, 9.17) is 0 Å². The molecule has 0 radical (unpaired) electrons. The molecule has 2 aliphatic rings. The summed E-state index contributed by atoms with van der Waals surface area (Å²) in [7, 11) is 0. The van der Waals surface area contributed by atoms with Gasteiger partial charge in [0.2, 0.25) is 0 Å². The van der Waals surface area contributed by atoms with Crippen molar-refractivity contribution in [3.8, 4) is 0 Å². The Bertz CT molecular complexity index is 278. The van der Waals surface area contributed by atoms with Crippen LogP contribution in [-0.2, 0) is 19.3 Å². The molecule has 88 valence electrons. The maximum atomic E-state index is 11.0. The second-order valence-corrected chi connectivity index (χ2v) is 3.96. The second-order valence-electron chi connectivity index (χ2n) is 3.96. The number of hydrogen-bond acceptors (Lipinski definition) is 6. The number of nitrogens with one attached hydrogen (secondary N) is 2. The molecular weight excluding hydrogens is 212 g/mol. The number of hydroxylamine groups is 2. The lowest BCUT2D eigenvalue weighted by molar-refractivity contribution is -0.148. The summed E-state index contributed by atoms with van der Waals surface area (Å²) < 4.78 is 0. The van der Waals surface area contributed by atoms with Gasteiger partial charge in [-0.3, -0.25) is 0 Å². The van der Waals surface area contributed by atoms with Crippen LogP contribution < -0.4 is 11.0 Å². The number of carbonyl (C=O) groups excluding carboxylic acids is 2. The molecule has 6 heteroatoms. The average Bonchev–Trinajstić information content (AvgIpc) is 3.15. The number of carbonyl (C=O) groups is 2. The third-order valence-corrected chi connectivity index (χ3v) is 2.16. The highest BCUT2D eigenvalue weighted by Gasteiger charge is 2.23. The normalized spacial score (nSPS) is 19.8. The molecule has 0 aliphatic heterocycles. The summed E-state index contributed by atoms with van der Waals surface area (Å²) in [4.78, 5) is 31.4. The first kappa shape index (κ1) is 11.1. The van der Waals surface area contributed by atoms with E-state index < -0.39 is 11.9 Å². The van der Waals surface area contributed by atoms with Crippen molar-refractivity contribution in [1.82, 2.24) is 11.0 Å². The monoisotopic (exact) mass is 226 g/mol. The number of rotatable bonds is 6. The molecule has 0 aromatic carbocycles. The van der Waals surface area contributed by atoms with Crippen LogP contribution in [0.15, 0.2) is 12.2 Å². The van der Waals surface area contributed by atoms with Crippen LogP contribution >= 0.6 is 0 Å². The summed E-state index contributed by atoms with van der Waals surface area (Å²) in [5.41, 5.74) is 5.14. The van der Waals surface area contributed by atoms with Gasteiger partial charge in [0, 0.05) is 24.2 Å². The summed E-state index contributed by atoms with van der Waals surface area (Å²) in [5, 5.41) is 0. The van der Waals surface area contributed by atoms with E-state index in [0.29, 0.717) is 0 Å². The van der Waals surface area contributed by atoms with E-state index in [-0.39, 0.29) is 12.1 Å². The minimum Gasteiger partial charge on any atom is -0.367 e. The van der Waals surface area contributed by atoms with E-state index >= 15 is 0 Å². The molecule has 0 amide bonds. The van der Waals surface area contributed by atoms with Crippen LogP contribution in [0, 0.1) is 0 Å². The highest BCUT2D eigenvalue weighted by Crippen LogP contribution is 2.18. The molecule has 16 heavy (non-hydrogen) atoms. The minimum atomic E-state index is -0.602. The third kappa shape index (κ3) is 4.41. The van der Waals surface area contributed by atoms with E-state index in [1.165, 1.54) is 0 Å². The van der Waals surface area contributed by atoms with Crippen LogP contribution in [0.5, 0.6) is 0 Å². The minimum absolute atomic E-state index is 0.279. The fraction of sp³-hybridized carbons (Fsp3) is 0.600. The molecule has 0 aromatic rings. The summed E-state index contributed by atoms with van der Waals surface area (Å²) in [6.07, 6.45) is 6.14. The van der Waals surface area contributed by atoms with Gasteiger partial charge in [0.1, 0.15) is 0 Å². The van der Waals surface area contributed by atoms with E-state index in [1.807, 2.05) is 0 Å². The summed E-state index contributed by atoms with van der Waals surface area (Å²) in [5.74, 6) is -1.20. The van der Waals surface area contributed by atoms with Gasteiger partial charge in [0.15, 0.2) is 0 Å². The van der Waals surface area contributed by atoms with Gasteiger partial charge in [-0.25, -0.2) is 9.59 Å². The molecule has 0 aromatic heterocycles. The van der Waals surface area contributed by atoms with Crippen LogP contribution in [-0.4, -0.2) is 24.0 Å². The van der Waals surface area contributed by atoms with E-state index in [1.54, 1.807) is 0 Å². The zero-order valence-corrected chi connectivity index (χ0v) is 8.77. The van der Waals surface area contributed by atoms with Gasteiger partial charge < -0.3 is 9.68 Å². The van der Waals surface area contributed by atoms with Gasteiger partial charge in [-0.05, 0) is 25.7 Å². The zero-order chi connectivity index (χ0) is 11.4. The van der Waals surface area contributed by atoms with Gasteiger partial charge in [-0.2, -0.15) is 0 Å². The topological polar surface area (TPSA) is 76.7 Å². The van der Waals surface area contributed by atoms with Crippen LogP contribution in [0.25, 0.3) is 0 Å². The first-order valence-electron chi connectivity index (χ1n) is 5.35. The third-order valence-electron chi connectivity index (χ3n) is 2.16.